The van der Waals surface area contributed by atoms with E-state index in [1.807, 2.05) is 0 Å². The first-order valence-electron chi connectivity index (χ1n) is 5.08. The number of aryl methyl sites for hydroxylation is 2. The number of aldehydes is 1. The molecule has 0 aliphatic rings. The van der Waals surface area contributed by atoms with Crippen molar-refractivity contribution >= 4 is 6.29 Å². The highest BCUT2D eigenvalue weighted by Gasteiger charge is 2.16. The minimum Gasteiger partial charge on any atom is -0.303 e. The van der Waals surface area contributed by atoms with E-state index < -0.39 is 0 Å². The molecule has 0 amide bonds. The molecule has 0 heterocycles. The summed E-state index contributed by atoms with van der Waals surface area (Å²) in [4.78, 5) is 11.0. The molecule has 0 aromatic heterocycles. The molecule has 0 fully saturated rings. The van der Waals surface area contributed by atoms with Crippen LogP contribution in [-0.2, 0) is 4.79 Å². The van der Waals surface area contributed by atoms with Crippen molar-refractivity contribution in [2.24, 2.45) is 5.92 Å². The predicted octanol–water partition coefficient (Wildman–Crippen LogP) is 3.24. The van der Waals surface area contributed by atoms with Crippen LogP contribution in [0.25, 0.3) is 0 Å². The van der Waals surface area contributed by atoms with Crippen molar-refractivity contribution in [1.29, 1.82) is 0 Å². The van der Waals surface area contributed by atoms with Gasteiger partial charge >= 0.3 is 0 Å². The van der Waals surface area contributed by atoms with Crippen LogP contribution in [0.3, 0.4) is 0 Å². The van der Waals surface area contributed by atoms with E-state index in [4.69, 9.17) is 0 Å². The van der Waals surface area contributed by atoms with Crippen LogP contribution in [0.1, 0.15) is 36.5 Å². The molecular formula is C13H18O. The molecule has 1 aromatic carbocycles. The first kappa shape index (κ1) is 11.0. The van der Waals surface area contributed by atoms with Crippen LogP contribution in [0.2, 0.25) is 0 Å². The summed E-state index contributed by atoms with van der Waals surface area (Å²) in [6, 6.07) is 6.28. The molecule has 1 rings (SSSR count). The van der Waals surface area contributed by atoms with Crippen LogP contribution in [-0.4, -0.2) is 6.29 Å². The molecule has 0 spiro atoms. The minimum absolute atomic E-state index is 0.0376. The first-order valence-corrected chi connectivity index (χ1v) is 5.08. The molecule has 76 valence electrons. The van der Waals surface area contributed by atoms with E-state index in [-0.39, 0.29) is 5.92 Å². The zero-order valence-electron chi connectivity index (χ0n) is 9.37. The van der Waals surface area contributed by atoms with Gasteiger partial charge in [0.15, 0.2) is 0 Å². The van der Waals surface area contributed by atoms with Crippen molar-refractivity contribution in [1.82, 2.24) is 0 Å². The Labute approximate surface area is 86.1 Å². The molecular weight excluding hydrogens is 172 g/mol. The molecule has 14 heavy (non-hydrogen) atoms. The minimum atomic E-state index is 0.0376. The van der Waals surface area contributed by atoms with Crippen LogP contribution in [0, 0.1) is 19.8 Å². The van der Waals surface area contributed by atoms with Gasteiger partial charge in [-0.1, -0.05) is 37.6 Å². The van der Waals surface area contributed by atoms with Crippen LogP contribution in [0.15, 0.2) is 18.2 Å². The van der Waals surface area contributed by atoms with Gasteiger partial charge in [0.1, 0.15) is 6.29 Å². The second kappa shape index (κ2) is 4.41. The van der Waals surface area contributed by atoms with Crippen LogP contribution >= 0.6 is 0 Å². The van der Waals surface area contributed by atoms with E-state index in [0.717, 1.165) is 6.29 Å². The molecule has 0 radical (unpaired) electrons. The molecule has 0 N–H and O–H groups in total. The van der Waals surface area contributed by atoms with Gasteiger partial charge in [-0.05, 0) is 30.9 Å². The molecule has 0 aliphatic heterocycles. The quantitative estimate of drug-likeness (QED) is 0.669. The Kier molecular flexibility index (Phi) is 3.45. The Morgan fingerprint density at radius 2 is 1.86 bits per heavy atom. The number of carbonyl (C=O) groups excluding carboxylic acids is 1. The number of benzene rings is 1. The average molecular weight is 190 g/mol. The van der Waals surface area contributed by atoms with Crippen molar-refractivity contribution < 1.29 is 4.79 Å². The zero-order valence-corrected chi connectivity index (χ0v) is 9.37. The number of carbonyl (C=O) groups is 1. The lowest BCUT2D eigenvalue weighted by molar-refractivity contribution is -0.109. The average Bonchev–Trinajstić information content (AvgIpc) is 2.09. The molecule has 1 nitrogen and oxygen atoms in total. The smallest absolute Gasteiger partial charge is 0.127 e. The Balaban J connectivity index is 3.10. The van der Waals surface area contributed by atoms with Gasteiger partial charge in [-0.3, -0.25) is 0 Å². The van der Waals surface area contributed by atoms with Gasteiger partial charge in [-0.15, -0.1) is 0 Å². The maximum Gasteiger partial charge on any atom is 0.127 e. The van der Waals surface area contributed by atoms with Gasteiger partial charge in [0.05, 0.1) is 0 Å². The summed E-state index contributed by atoms with van der Waals surface area (Å²) in [5.74, 6) is 0.407. The molecule has 0 aliphatic carbocycles. The highest BCUT2D eigenvalue weighted by molar-refractivity contribution is 5.63. The summed E-state index contributed by atoms with van der Waals surface area (Å²) < 4.78 is 0. The Morgan fingerprint density at radius 3 is 2.29 bits per heavy atom. The second-order valence-corrected chi connectivity index (χ2v) is 4.27. The third-order valence-electron chi connectivity index (χ3n) is 2.65. The summed E-state index contributed by atoms with van der Waals surface area (Å²) in [5, 5.41) is 0. The maximum atomic E-state index is 11.0. The maximum absolute atomic E-state index is 11.0. The van der Waals surface area contributed by atoms with E-state index in [9.17, 15) is 4.79 Å². The number of rotatable bonds is 3. The fourth-order valence-corrected chi connectivity index (χ4v) is 1.79. The third kappa shape index (κ3) is 2.22. The van der Waals surface area contributed by atoms with Crippen LogP contribution < -0.4 is 0 Å². The van der Waals surface area contributed by atoms with E-state index in [1.54, 1.807) is 0 Å². The van der Waals surface area contributed by atoms with E-state index in [0.29, 0.717) is 5.92 Å². The summed E-state index contributed by atoms with van der Waals surface area (Å²) in [5.41, 5.74) is 3.64. The fourth-order valence-electron chi connectivity index (χ4n) is 1.79. The molecule has 0 bridgehead atoms. The number of hydrogen-bond donors (Lipinski definition) is 0. The van der Waals surface area contributed by atoms with E-state index >= 15 is 0 Å². The topological polar surface area (TPSA) is 17.1 Å². The summed E-state index contributed by atoms with van der Waals surface area (Å²) in [6.45, 7) is 8.31. The molecule has 0 saturated carbocycles. The summed E-state index contributed by atoms with van der Waals surface area (Å²) >= 11 is 0. The molecule has 1 heteroatoms. The first-order chi connectivity index (χ1) is 6.56. The van der Waals surface area contributed by atoms with Gasteiger partial charge in [0, 0.05) is 5.92 Å². The van der Waals surface area contributed by atoms with Crippen molar-refractivity contribution in [2.75, 3.05) is 0 Å². The predicted molar refractivity (Wildman–Crippen MR) is 59.6 cm³/mol. The van der Waals surface area contributed by atoms with Gasteiger partial charge in [-0.25, -0.2) is 0 Å². The zero-order chi connectivity index (χ0) is 10.7. The van der Waals surface area contributed by atoms with Crippen molar-refractivity contribution in [3.05, 3.63) is 34.9 Å². The second-order valence-electron chi connectivity index (χ2n) is 4.27. The molecule has 1 atom stereocenters. The monoisotopic (exact) mass is 190 g/mol. The fraction of sp³-hybridized carbons (Fsp3) is 0.462. The Hall–Kier alpha value is -1.11. The van der Waals surface area contributed by atoms with Gasteiger partial charge in [-0.2, -0.15) is 0 Å². The number of hydrogen-bond acceptors (Lipinski definition) is 1. The molecule has 1 unspecified atom stereocenters. The van der Waals surface area contributed by atoms with Gasteiger partial charge < -0.3 is 4.79 Å². The standard InChI is InChI=1S/C13H18O/c1-9(2)13(8-14)12-6-5-10(3)7-11(12)4/h5-9,13H,1-4H3. The van der Waals surface area contributed by atoms with Gasteiger partial charge in [0.2, 0.25) is 0 Å². The lowest BCUT2D eigenvalue weighted by Gasteiger charge is -2.17. The molecule has 0 saturated heterocycles. The Bertz CT molecular complexity index is 326. The lowest BCUT2D eigenvalue weighted by atomic mass is 9.86. The normalized spacial score (nSPS) is 12.9. The Morgan fingerprint density at radius 1 is 1.21 bits per heavy atom. The summed E-state index contributed by atoms with van der Waals surface area (Å²) in [7, 11) is 0. The highest BCUT2D eigenvalue weighted by atomic mass is 16.1. The van der Waals surface area contributed by atoms with Crippen LogP contribution in [0.5, 0.6) is 0 Å². The largest absolute Gasteiger partial charge is 0.303 e. The summed E-state index contributed by atoms with van der Waals surface area (Å²) in [6.07, 6.45) is 1.06. The molecule has 1 aromatic rings. The van der Waals surface area contributed by atoms with Crippen molar-refractivity contribution in [2.45, 2.75) is 33.6 Å². The van der Waals surface area contributed by atoms with Crippen LogP contribution in [0.4, 0.5) is 0 Å². The van der Waals surface area contributed by atoms with E-state index in [2.05, 4.69) is 45.9 Å². The lowest BCUT2D eigenvalue weighted by Crippen LogP contribution is -2.09. The highest BCUT2D eigenvalue weighted by Crippen LogP contribution is 2.25. The van der Waals surface area contributed by atoms with Gasteiger partial charge in [0.25, 0.3) is 0 Å². The SMILES string of the molecule is Cc1ccc(C(C=O)C(C)C)c(C)c1. The van der Waals surface area contributed by atoms with E-state index in [1.165, 1.54) is 16.7 Å². The third-order valence-corrected chi connectivity index (χ3v) is 2.65. The van der Waals surface area contributed by atoms with Crippen molar-refractivity contribution in [3.63, 3.8) is 0 Å². The van der Waals surface area contributed by atoms with Crippen molar-refractivity contribution in [3.8, 4) is 0 Å².